The molecule has 0 radical (unpaired) electrons. The van der Waals surface area contributed by atoms with Gasteiger partial charge in [0.25, 0.3) is 0 Å². The maximum Gasteiger partial charge on any atom is 0.158 e. The highest BCUT2D eigenvalue weighted by atomic mass is 16.3. The third kappa shape index (κ3) is 1.85. The predicted octanol–water partition coefficient (Wildman–Crippen LogP) is 4.13. The van der Waals surface area contributed by atoms with Gasteiger partial charge in [0.05, 0.1) is 5.60 Å². The second-order valence-electron chi connectivity index (χ2n) is 9.11. The first-order chi connectivity index (χ1) is 10.3. The van der Waals surface area contributed by atoms with Crippen molar-refractivity contribution < 1.29 is 9.90 Å². The minimum atomic E-state index is -0.478. The summed E-state index contributed by atoms with van der Waals surface area (Å²) in [5.41, 5.74) is 1.10. The molecule has 122 valence electrons. The lowest BCUT2D eigenvalue weighted by Crippen LogP contribution is -2.51. The molecule has 0 unspecified atom stereocenters. The summed E-state index contributed by atoms with van der Waals surface area (Å²) in [5.74, 6) is 3.46. The van der Waals surface area contributed by atoms with E-state index in [-0.39, 0.29) is 11.3 Å². The van der Waals surface area contributed by atoms with Crippen LogP contribution in [-0.2, 0) is 4.79 Å². The number of hydrogen-bond acceptors (Lipinski definition) is 2. The van der Waals surface area contributed by atoms with Crippen LogP contribution >= 0.6 is 0 Å². The standard InChI is InChI=1S/C20H30O2/c1-12-10-16-13(11-18(12)21)4-5-15-14(16)6-8-19(2)17(15)7-9-20(19,3)22/h11-12,14-17,22H,4-10H2,1-3H3/t12-,14+,15-,16-,17-,19-,20-/m1/s1. The van der Waals surface area contributed by atoms with E-state index in [2.05, 4.69) is 20.8 Å². The highest BCUT2D eigenvalue weighted by molar-refractivity contribution is 5.93. The highest BCUT2D eigenvalue weighted by Gasteiger charge is 2.60. The molecule has 2 heteroatoms. The Kier molecular flexibility index (Phi) is 3.18. The number of hydrogen-bond donors (Lipinski definition) is 1. The monoisotopic (exact) mass is 302 g/mol. The molecule has 4 rings (SSSR count). The van der Waals surface area contributed by atoms with Gasteiger partial charge in [0.1, 0.15) is 0 Å². The Morgan fingerprint density at radius 1 is 1.14 bits per heavy atom. The van der Waals surface area contributed by atoms with Gasteiger partial charge in [-0.3, -0.25) is 4.79 Å². The lowest BCUT2D eigenvalue weighted by Gasteiger charge is -2.55. The molecule has 0 bridgehead atoms. The molecule has 0 aromatic heterocycles. The quantitative estimate of drug-likeness (QED) is 0.730. The van der Waals surface area contributed by atoms with Crippen molar-refractivity contribution in [1.82, 2.24) is 0 Å². The van der Waals surface area contributed by atoms with Gasteiger partial charge >= 0.3 is 0 Å². The molecule has 3 fully saturated rings. The molecule has 0 aromatic rings. The van der Waals surface area contributed by atoms with Crippen LogP contribution in [0.3, 0.4) is 0 Å². The van der Waals surface area contributed by atoms with Crippen LogP contribution in [0.15, 0.2) is 11.6 Å². The number of ketones is 1. The Morgan fingerprint density at radius 3 is 2.68 bits per heavy atom. The largest absolute Gasteiger partial charge is 0.390 e. The molecule has 22 heavy (non-hydrogen) atoms. The third-order valence-electron chi connectivity index (χ3n) is 8.23. The molecule has 2 nitrogen and oxygen atoms in total. The normalized spacial score (nSPS) is 54.3. The number of allylic oxidation sites excluding steroid dienone is 1. The molecular formula is C20H30O2. The fourth-order valence-corrected chi connectivity index (χ4v) is 6.60. The van der Waals surface area contributed by atoms with Gasteiger partial charge in [0.15, 0.2) is 5.78 Å². The number of aliphatic hydroxyl groups is 1. The van der Waals surface area contributed by atoms with E-state index in [0.717, 1.165) is 37.5 Å². The number of carbonyl (C=O) groups excluding carboxylic acids is 1. The summed E-state index contributed by atoms with van der Waals surface area (Å²) >= 11 is 0. The van der Waals surface area contributed by atoms with E-state index in [1.165, 1.54) is 24.8 Å². The molecule has 0 amide bonds. The minimum absolute atomic E-state index is 0.117. The van der Waals surface area contributed by atoms with E-state index >= 15 is 0 Å². The summed E-state index contributed by atoms with van der Waals surface area (Å²) < 4.78 is 0. The SMILES string of the molecule is C[C@@H]1C[C@@H]2C(=CC1=O)CC[C@@H]1[C@@H]2CC[C@]2(C)[C@@H]1CC[C@@]2(C)O. The zero-order valence-corrected chi connectivity index (χ0v) is 14.3. The van der Waals surface area contributed by atoms with Crippen molar-refractivity contribution in [3.8, 4) is 0 Å². The lowest BCUT2D eigenvalue weighted by molar-refractivity contribution is -0.121. The first-order valence-corrected chi connectivity index (χ1v) is 9.30. The van der Waals surface area contributed by atoms with E-state index < -0.39 is 5.60 Å². The zero-order chi connectivity index (χ0) is 15.7. The van der Waals surface area contributed by atoms with Gasteiger partial charge in [-0.1, -0.05) is 19.4 Å². The molecule has 3 saturated carbocycles. The summed E-state index contributed by atoms with van der Waals surface area (Å²) in [6, 6.07) is 0. The Balaban J connectivity index is 1.65. The van der Waals surface area contributed by atoms with Crippen molar-refractivity contribution in [2.75, 3.05) is 0 Å². The summed E-state index contributed by atoms with van der Waals surface area (Å²) in [4.78, 5) is 12.0. The number of fused-ring (bicyclic) bond motifs is 5. The average molecular weight is 302 g/mol. The maximum atomic E-state index is 12.0. The molecule has 1 N–H and O–H groups in total. The molecule has 0 aliphatic heterocycles. The minimum Gasteiger partial charge on any atom is -0.390 e. The Bertz CT molecular complexity index is 532. The molecule has 7 atom stereocenters. The first-order valence-electron chi connectivity index (χ1n) is 9.30. The van der Waals surface area contributed by atoms with E-state index in [4.69, 9.17) is 0 Å². The molecule has 4 aliphatic rings. The Morgan fingerprint density at radius 2 is 1.91 bits per heavy atom. The van der Waals surface area contributed by atoms with Crippen LogP contribution < -0.4 is 0 Å². The molecule has 0 aromatic carbocycles. The first kappa shape index (κ1) is 14.9. The van der Waals surface area contributed by atoms with Crippen molar-refractivity contribution in [3.63, 3.8) is 0 Å². The van der Waals surface area contributed by atoms with E-state index in [9.17, 15) is 9.90 Å². The van der Waals surface area contributed by atoms with Crippen molar-refractivity contribution >= 4 is 5.78 Å². The van der Waals surface area contributed by atoms with E-state index in [1.807, 2.05) is 6.08 Å². The van der Waals surface area contributed by atoms with E-state index in [0.29, 0.717) is 17.6 Å². The van der Waals surface area contributed by atoms with Gasteiger partial charge in [-0.2, -0.15) is 0 Å². The van der Waals surface area contributed by atoms with Crippen LogP contribution in [0.1, 0.15) is 65.7 Å². The van der Waals surface area contributed by atoms with Gasteiger partial charge in [0.2, 0.25) is 0 Å². The van der Waals surface area contributed by atoms with Gasteiger partial charge < -0.3 is 5.11 Å². The molecule has 0 heterocycles. The smallest absolute Gasteiger partial charge is 0.158 e. The molecular weight excluding hydrogens is 272 g/mol. The summed E-state index contributed by atoms with van der Waals surface area (Å²) in [7, 11) is 0. The fourth-order valence-electron chi connectivity index (χ4n) is 6.60. The van der Waals surface area contributed by atoms with Crippen LogP contribution in [0.4, 0.5) is 0 Å². The van der Waals surface area contributed by atoms with Gasteiger partial charge in [-0.15, -0.1) is 0 Å². The van der Waals surface area contributed by atoms with Gasteiger partial charge in [0, 0.05) is 5.92 Å². The average Bonchev–Trinajstić information content (AvgIpc) is 2.71. The Hall–Kier alpha value is -0.630. The van der Waals surface area contributed by atoms with Crippen molar-refractivity contribution in [3.05, 3.63) is 11.6 Å². The molecule has 0 saturated heterocycles. The third-order valence-corrected chi connectivity index (χ3v) is 8.23. The van der Waals surface area contributed by atoms with Crippen LogP contribution in [-0.4, -0.2) is 16.5 Å². The van der Waals surface area contributed by atoms with Crippen molar-refractivity contribution in [2.45, 2.75) is 71.3 Å². The predicted molar refractivity (Wildman–Crippen MR) is 87.3 cm³/mol. The summed E-state index contributed by atoms with van der Waals surface area (Å²) in [6.07, 6.45) is 10.0. The highest BCUT2D eigenvalue weighted by Crippen LogP contribution is 2.64. The number of carbonyl (C=O) groups is 1. The Labute approximate surface area is 134 Å². The maximum absolute atomic E-state index is 12.0. The topological polar surface area (TPSA) is 37.3 Å². The van der Waals surface area contributed by atoms with Gasteiger partial charge in [-0.05, 0) is 87.0 Å². The van der Waals surface area contributed by atoms with Crippen LogP contribution in [0.2, 0.25) is 0 Å². The summed E-state index contributed by atoms with van der Waals surface area (Å²) in [5, 5.41) is 10.9. The van der Waals surface area contributed by atoms with Crippen LogP contribution in [0, 0.1) is 35.0 Å². The van der Waals surface area contributed by atoms with Crippen molar-refractivity contribution in [1.29, 1.82) is 0 Å². The van der Waals surface area contributed by atoms with E-state index in [1.54, 1.807) is 0 Å². The van der Waals surface area contributed by atoms with Crippen LogP contribution in [0.25, 0.3) is 0 Å². The lowest BCUT2D eigenvalue weighted by atomic mass is 9.50. The van der Waals surface area contributed by atoms with Crippen LogP contribution in [0.5, 0.6) is 0 Å². The zero-order valence-electron chi connectivity index (χ0n) is 14.3. The van der Waals surface area contributed by atoms with Crippen molar-refractivity contribution in [2.24, 2.45) is 35.0 Å². The second-order valence-corrected chi connectivity index (χ2v) is 9.11. The second kappa shape index (κ2) is 4.69. The van der Waals surface area contributed by atoms with Gasteiger partial charge in [-0.25, -0.2) is 0 Å². The molecule has 0 spiro atoms. The number of rotatable bonds is 0. The summed E-state index contributed by atoms with van der Waals surface area (Å²) in [6.45, 7) is 6.52. The molecule has 4 aliphatic carbocycles. The fraction of sp³-hybridized carbons (Fsp3) is 0.850.